The van der Waals surface area contributed by atoms with Crippen molar-refractivity contribution >= 4 is 17.1 Å². The molecule has 276 valence electrons. The number of aromatic hydroxyl groups is 3. The molecule has 9 heteroatoms. The summed E-state index contributed by atoms with van der Waals surface area (Å²) in [6, 6.07) is 17.2. The summed E-state index contributed by atoms with van der Waals surface area (Å²) in [5, 5.41) is 31.1. The lowest BCUT2D eigenvalue weighted by molar-refractivity contribution is -0.00959. The molecule has 12 rings (SSSR count). The molecule has 8 bridgehead atoms. The quantitative estimate of drug-likeness (QED) is 0.0769. The van der Waals surface area contributed by atoms with Crippen molar-refractivity contribution in [3.8, 4) is 51.7 Å². The largest absolute Gasteiger partial charge is 0.506 e. The van der Waals surface area contributed by atoms with Crippen molar-refractivity contribution < 1.29 is 29.5 Å². The number of rotatable bonds is 8. The van der Waals surface area contributed by atoms with Gasteiger partial charge in [0.25, 0.3) is 0 Å². The van der Waals surface area contributed by atoms with Gasteiger partial charge in [-0.05, 0) is 166 Å². The minimum absolute atomic E-state index is 0.0131. The van der Waals surface area contributed by atoms with Crippen LogP contribution in [0.4, 0.5) is 17.1 Å². The summed E-state index contributed by atoms with van der Waals surface area (Å²) in [5.74, 6) is 6.98. The Hall–Kier alpha value is -4.92. The molecule has 53 heavy (non-hydrogen) atoms. The van der Waals surface area contributed by atoms with Crippen LogP contribution in [0.15, 0.2) is 60.7 Å². The van der Waals surface area contributed by atoms with Crippen molar-refractivity contribution in [3.63, 3.8) is 0 Å². The fraction of sp³-hybridized carbons (Fsp3) is 0.455. The highest BCUT2D eigenvalue weighted by Crippen LogP contribution is 2.68. The zero-order valence-electron chi connectivity index (χ0n) is 30.0. The Morgan fingerprint density at radius 2 is 0.698 bits per heavy atom. The van der Waals surface area contributed by atoms with Crippen molar-refractivity contribution in [2.75, 3.05) is 17.2 Å². The van der Waals surface area contributed by atoms with Crippen molar-refractivity contribution in [2.24, 2.45) is 35.5 Å². The van der Waals surface area contributed by atoms with Crippen LogP contribution in [0.3, 0.4) is 0 Å². The lowest BCUT2D eigenvalue weighted by atomic mass is 9.46. The van der Waals surface area contributed by atoms with Gasteiger partial charge in [0.2, 0.25) is 5.75 Å². The third-order valence-corrected chi connectivity index (χ3v) is 14.1. The van der Waals surface area contributed by atoms with Crippen LogP contribution >= 0.6 is 0 Å². The molecule has 0 atom stereocenters. The summed E-state index contributed by atoms with van der Waals surface area (Å²) in [4.78, 5) is 0. The molecule has 0 saturated heterocycles. The molecule has 4 aromatic rings. The van der Waals surface area contributed by atoms with Gasteiger partial charge in [0.15, 0.2) is 11.5 Å². The Labute approximate surface area is 310 Å². The fourth-order valence-electron chi connectivity index (χ4n) is 12.7. The average Bonchev–Trinajstić information content (AvgIpc) is 3.09. The van der Waals surface area contributed by atoms with Gasteiger partial charge in [0, 0.05) is 29.3 Å². The SMILES string of the molecule is Nc1cc(Oc2c(C34CC5CC(CC(C5)C3)C4)cc(C34CC5CC(CC(C5)C3)C4)c(Oc3ccc(O)c(N)c3)c2Oc2ccc(O)c(N)c2)ccc1O. The van der Waals surface area contributed by atoms with Crippen molar-refractivity contribution in [1.29, 1.82) is 0 Å². The third-order valence-electron chi connectivity index (χ3n) is 14.1. The van der Waals surface area contributed by atoms with Crippen LogP contribution in [0, 0.1) is 35.5 Å². The van der Waals surface area contributed by atoms with E-state index in [-0.39, 0.29) is 45.1 Å². The predicted octanol–water partition coefficient (Wildman–Crippen LogP) is 9.86. The Morgan fingerprint density at radius 1 is 0.415 bits per heavy atom. The fourth-order valence-corrected chi connectivity index (χ4v) is 12.7. The van der Waals surface area contributed by atoms with E-state index in [0.717, 1.165) is 49.7 Å². The van der Waals surface area contributed by atoms with Crippen LogP contribution in [-0.4, -0.2) is 15.3 Å². The summed E-state index contributed by atoms with van der Waals surface area (Å²) in [6.45, 7) is 0. The van der Waals surface area contributed by atoms with Gasteiger partial charge in [-0.3, -0.25) is 0 Å². The van der Waals surface area contributed by atoms with Gasteiger partial charge in [0.1, 0.15) is 34.5 Å². The molecular weight excluding hydrogens is 666 g/mol. The normalized spacial score (nSPS) is 31.8. The number of nitrogen functional groups attached to an aromatic ring is 3. The van der Waals surface area contributed by atoms with Gasteiger partial charge in [0.05, 0.1) is 17.1 Å². The maximum Gasteiger partial charge on any atom is 0.212 e. The molecule has 8 aliphatic rings. The summed E-state index contributed by atoms with van der Waals surface area (Å²) in [6.07, 6.45) is 14.4. The first-order valence-corrected chi connectivity index (χ1v) is 19.5. The molecule has 0 amide bonds. The van der Waals surface area contributed by atoms with Crippen molar-refractivity contribution in [2.45, 2.75) is 87.9 Å². The Kier molecular flexibility index (Phi) is 7.28. The van der Waals surface area contributed by atoms with Gasteiger partial charge in [-0.25, -0.2) is 0 Å². The molecule has 4 aromatic carbocycles. The minimum Gasteiger partial charge on any atom is -0.506 e. The topological polar surface area (TPSA) is 166 Å². The highest BCUT2D eigenvalue weighted by molar-refractivity contribution is 5.69. The Bertz CT molecular complexity index is 1940. The number of phenols is 3. The van der Waals surface area contributed by atoms with Crippen molar-refractivity contribution in [3.05, 3.63) is 71.8 Å². The van der Waals surface area contributed by atoms with Crippen LogP contribution in [-0.2, 0) is 10.8 Å². The summed E-state index contributed by atoms with van der Waals surface area (Å²) >= 11 is 0. The van der Waals surface area contributed by atoms with E-state index in [1.54, 1.807) is 48.5 Å². The number of benzene rings is 4. The highest BCUT2D eigenvalue weighted by Gasteiger charge is 2.56. The van der Waals surface area contributed by atoms with E-state index >= 15 is 0 Å². The molecule has 0 heterocycles. The first-order valence-electron chi connectivity index (χ1n) is 19.5. The van der Waals surface area contributed by atoms with Crippen molar-refractivity contribution in [1.82, 2.24) is 0 Å². The van der Waals surface area contributed by atoms with E-state index in [9.17, 15) is 15.3 Å². The van der Waals surface area contributed by atoms with Gasteiger partial charge in [-0.15, -0.1) is 0 Å². The first-order chi connectivity index (χ1) is 25.5. The van der Waals surface area contributed by atoms with Gasteiger partial charge in [-0.2, -0.15) is 0 Å². The second kappa shape index (κ2) is 11.8. The number of hydrogen-bond acceptors (Lipinski definition) is 9. The van der Waals surface area contributed by atoms with E-state index in [1.807, 2.05) is 0 Å². The lowest BCUT2D eigenvalue weighted by Crippen LogP contribution is -2.50. The second-order valence-electron chi connectivity index (χ2n) is 17.8. The number of hydrogen-bond donors (Lipinski definition) is 6. The zero-order valence-corrected chi connectivity index (χ0v) is 30.0. The van der Waals surface area contributed by atoms with Crippen LogP contribution in [0.5, 0.6) is 51.7 Å². The number of ether oxygens (including phenoxy) is 3. The van der Waals surface area contributed by atoms with Gasteiger partial charge < -0.3 is 46.7 Å². The highest BCUT2D eigenvalue weighted by atomic mass is 16.5. The second-order valence-corrected chi connectivity index (χ2v) is 17.8. The summed E-state index contributed by atoms with van der Waals surface area (Å²) < 4.78 is 21.1. The molecule has 0 aliphatic heterocycles. The minimum atomic E-state index is -0.100. The molecule has 0 spiro atoms. The predicted molar refractivity (Wildman–Crippen MR) is 204 cm³/mol. The van der Waals surface area contributed by atoms with Crippen LogP contribution in [0.1, 0.15) is 88.2 Å². The molecule has 9 nitrogen and oxygen atoms in total. The molecular formula is C44H49N3O6. The molecule has 8 fully saturated rings. The molecule has 0 radical (unpaired) electrons. The molecule has 0 unspecified atom stereocenters. The maximum absolute atomic E-state index is 10.4. The molecule has 9 N–H and O–H groups in total. The molecule has 0 aromatic heterocycles. The smallest absolute Gasteiger partial charge is 0.212 e. The number of phenolic OH excluding ortho intramolecular Hbond substituents is 3. The van der Waals surface area contributed by atoms with E-state index in [2.05, 4.69) is 6.07 Å². The lowest BCUT2D eigenvalue weighted by Gasteiger charge is -2.59. The van der Waals surface area contributed by atoms with Crippen LogP contribution in [0.2, 0.25) is 0 Å². The number of nitrogens with two attached hydrogens (primary N) is 3. The van der Waals surface area contributed by atoms with E-state index in [0.29, 0.717) is 70.0 Å². The van der Waals surface area contributed by atoms with Crippen LogP contribution in [0.25, 0.3) is 0 Å². The van der Waals surface area contributed by atoms with Gasteiger partial charge >= 0.3 is 0 Å². The third kappa shape index (κ3) is 5.48. The monoisotopic (exact) mass is 715 g/mol. The van der Waals surface area contributed by atoms with Gasteiger partial charge in [-0.1, -0.05) is 0 Å². The summed E-state index contributed by atoms with van der Waals surface area (Å²) in [7, 11) is 0. The molecule has 8 aliphatic carbocycles. The average molecular weight is 716 g/mol. The maximum atomic E-state index is 10.4. The summed E-state index contributed by atoms with van der Waals surface area (Å²) in [5.41, 5.74) is 21.5. The van der Waals surface area contributed by atoms with E-state index < -0.39 is 0 Å². The number of anilines is 3. The standard InChI is InChI=1S/C44H49N3O6/c45-34-13-29(1-4-37(34)48)51-40-32(43-17-23-7-24(18-43)9-25(8-23)19-43)16-33(44-20-26-10-27(21-44)12-28(11-26)22-44)41(52-30-2-5-38(49)35(46)14-30)42(40)53-31-3-6-39(50)36(47)15-31/h1-6,13-16,23-28,48-50H,7-12,17-22,45-47H2. The van der Waals surface area contributed by atoms with E-state index in [4.69, 9.17) is 31.4 Å². The first kappa shape index (κ1) is 32.7. The van der Waals surface area contributed by atoms with Crippen LogP contribution < -0.4 is 31.4 Å². The van der Waals surface area contributed by atoms with E-state index in [1.165, 1.54) is 44.6 Å². The molecule has 8 saturated carbocycles. The zero-order chi connectivity index (χ0) is 36.2. The Balaban J connectivity index is 1.26. The Morgan fingerprint density at radius 3 is 0.981 bits per heavy atom.